The van der Waals surface area contributed by atoms with Gasteiger partial charge in [0.25, 0.3) is 0 Å². The van der Waals surface area contributed by atoms with Crippen molar-refractivity contribution in [1.82, 2.24) is 14.5 Å². The molecule has 5 nitrogen and oxygen atoms in total. The van der Waals surface area contributed by atoms with E-state index >= 15 is 0 Å². The number of Topliss-reactive ketones (excluding diaryl/α,β-unsaturated/α-hetero) is 1. The van der Waals surface area contributed by atoms with Crippen LogP contribution in [0.2, 0.25) is 0 Å². The van der Waals surface area contributed by atoms with Crippen molar-refractivity contribution in [2.75, 3.05) is 7.11 Å². The normalized spacial score (nSPS) is 12.3. The fourth-order valence-electron chi connectivity index (χ4n) is 3.57. The number of benzene rings is 2. The lowest BCUT2D eigenvalue weighted by molar-refractivity contribution is 0.0993. The molecule has 0 radical (unpaired) electrons. The number of H-pyrrole nitrogens is 1. The van der Waals surface area contributed by atoms with Crippen LogP contribution in [0.5, 0.6) is 5.75 Å². The number of ether oxygens (including phenoxy) is 1. The van der Waals surface area contributed by atoms with Crippen molar-refractivity contribution in [3.63, 3.8) is 0 Å². The Morgan fingerprint density at radius 2 is 1.90 bits per heavy atom. The minimum atomic E-state index is -0.262. The Balaban J connectivity index is 1.58. The number of nitrogens with zero attached hydrogens (tertiary/aromatic N) is 2. The van der Waals surface area contributed by atoms with E-state index in [2.05, 4.69) is 26.7 Å². The van der Waals surface area contributed by atoms with E-state index in [1.54, 1.807) is 7.11 Å². The zero-order chi connectivity index (χ0) is 20.5. The first-order valence-electron chi connectivity index (χ1n) is 9.47. The van der Waals surface area contributed by atoms with E-state index in [0.717, 1.165) is 44.6 Å². The highest BCUT2D eigenvalue weighted by Crippen LogP contribution is 2.29. The summed E-state index contributed by atoms with van der Waals surface area (Å²) in [7, 11) is 1.64. The molecule has 4 aromatic rings. The Bertz CT molecular complexity index is 1180. The number of para-hydroxylation sites is 1. The molecule has 0 saturated carbocycles. The van der Waals surface area contributed by atoms with Crippen molar-refractivity contribution in [1.29, 1.82) is 0 Å². The minimum absolute atomic E-state index is 0.100. The molecule has 6 heteroatoms. The summed E-state index contributed by atoms with van der Waals surface area (Å²) in [5.74, 6) is 0.874. The van der Waals surface area contributed by atoms with Gasteiger partial charge in [0.1, 0.15) is 5.75 Å². The average molecular weight is 406 g/mol. The van der Waals surface area contributed by atoms with Crippen LogP contribution in [0.3, 0.4) is 0 Å². The number of carbonyl (C=O) groups is 1. The zero-order valence-corrected chi connectivity index (χ0v) is 17.7. The van der Waals surface area contributed by atoms with Crippen molar-refractivity contribution in [2.24, 2.45) is 0 Å². The first kappa shape index (κ1) is 19.3. The molecule has 0 fully saturated rings. The lowest BCUT2D eigenvalue weighted by Gasteiger charge is -2.11. The smallest absolute Gasteiger partial charge is 0.177 e. The van der Waals surface area contributed by atoms with E-state index in [9.17, 15) is 4.79 Å². The first-order chi connectivity index (χ1) is 14.0. The Hall–Kier alpha value is -2.99. The summed E-state index contributed by atoms with van der Waals surface area (Å²) in [6.07, 6.45) is 0. The third-order valence-corrected chi connectivity index (χ3v) is 6.02. The lowest BCUT2D eigenvalue weighted by atomic mass is 10.1. The van der Waals surface area contributed by atoms with Crippen LogP contribution in [0.1, 0.15) is 28.7 Å². The number of thioether (sulfide) groups is 1. The van der Waals surface area contributed by atoms with Gasteiger partial charge in [-0.2, -0.15) is 0 Å². The summed E-state index contributed by atoms with van der Waals surface area (Å²) < 4.78 is 7.38. The SMILES string of the molecule is COc1ccc2nc(S[C@H](C)C(=O)c3cc(C)n(-c4ccccc4)c3C)[nH]c2c1. The second-order valence-corrected chi connectivity index (χ2v) is 8.33. The molecule has 1 N–H and O–H groups in total. The van der Waals surface area contributed by atoms with Gasteiger partial charge < -0.3 is 14.3 Å². The van der Waals surface area contributed by atoms with Gasteiger partial charge in [0.15, 0.2) is 10.9 Å². The molecule has 0 unspecified atom stereocenters. The molecule has 0 amide bonds. The van der Waals surface area contributed by atoms with Gasteiger partial charge in [-0.15, -0.1) is 0 Å². The van der Waals surface area contributed by atoms with Gasteiger partial charge in [-0.1, -0.05) is 30.0 Å². The van der Waals surface area contributed by atoms with Crippen molar-refractivity contribution < 1.29 is 9.53 Å². The van der Waals surface area contributed by atoms with Crippen LogP contribution in [0, 0.1) is 13.8 Å². The number of rotatable bonds is 6. The maximum absolute atomic E-state index is 13.2. The molecular formula is C23H23N3O2S. The van der Waals surface area contributed by atoms with E-state index in [1.807, 2.05) is 63.2 Å². The second kappa shape index (κ2) is 7.79. The molecular weight excluding hydrogens is 382 g/mol. The zero-order valence-electron chi connectivity index (χ0n) is 16.9. The number of aromatic nitrogens is 3. The molecule has 0 saturated heterocycles. The van der Waals surface area contributed by atoms with Crippen molar-refractivity contribution in [2.45, 2.75) is 31.2 Å². The topological polar surface area (TPSA) is 59.9 Å². The molecule has 148 valence electrons. The molecule has 2 aromatic heterocycles. The van der Waals surface area contributed by atoms with Gasteiger partial charge in [-0.05, 0) is 51.1 Å². The Kier molecular flexibility index (Phi) is 5.20. The fourth-order valence-corrected chi connectivity index (χ4v) is 4.46. The third-order valence-electron chi connectivity index (χ3n) is 5.04. The molecule has 0 spiro atoms. The van der Waals surface area contributed by atoms with Crippen LogP contribution < -0.4 is 4.74 Å². The number of fused-ring (bicyclic) bond motifs is 1. The number of carbonyl (C=O) groups excluding carboxylic acids is 1. The predicted molar refractivity (Wildman–Crippen MR) is 118 cm³/mol. The largest absolute Gasteiger partial charge is 0.497 e. The van der Waals surface area contributed by atoms with Gasteiger partial charge >= 0.3 is 0 Å². The van der Waals surface area contributed by atoms with Gasteiger partial charge in [0, 0.05) is 28.7 Å². The number of ketones is 1. The highest BCUT2D eigenvalue weighted by atomic mass is 32.2. The molecule has 0 bridgehead atoms. The van der Waals surface area contributed by atoms with Gasteiger partial charge in [-0.3, -0.25) is 4.79 Å². The summed E-state index contributed by atoms with van der Waals surface area (Å²) >= 11 is 1.44. The minimum Gasteiger partial charge on any atom is -0.497 e. The summed E-state index contributed by atoms with van der Waals surface area (Å²) in [5.41, 5.74) is 5.58. The van der Waals surface area contributed by atoms with Crippen LogP contribution in [0.25, 0.3) is 16.7 Å². The summed E-state index contributed by atoms with van der Waals surface area (Å²) in [6.45, 7) is 5.95. The van der Waals surface area contributed by atoms with Crippen molar-refractivity contribution in [3.8, 4) is 11.4 Å². The molecule has 2 heterocycles. The van der Waals surface area contributed by atoms with Crippen molar-refractivity contribution in [3.05, 3.63) is 71.5 Å². The monoisotopic (exact) mass is 405 g/mol. The van der Waals surface area contributed by atoms with Crippen LogP contribution in [0.4, 0.5) is 0 Å². The first-order valence-corrected chi connectivity index (χ1v) is 10.3. The number of methoxy groups -OCH3 is 1. The third kappa shape index (κ3) is 3.68. The lowest BCUT2D eigenvalue weighted by Crippen LogP contribution is -2.14. The van der Waals surface area contributed by atoms with E-state index in [-0.39, 0.29) is 11.0 Å². The predicted octanol–water partition coefficient (Wildman–Crippen LogP) is 5.34. The fraction of sp³-hybridized carbons (Fsp3) is 0.217. The standard InChI is InChI=1S/C23H23N3O2S/c1-14-12-19(15(2)26(14)17-8-6-5-7-9-17)22(27)16(3)29-23-24-20-11-10-18(28-4)13-21(20)25-23/h5-13,16H,1-4H3,(H,24,25)/t16-/m1/s1. The molecule has 2 aromatic carbocycles. The number of hydrogen-bond acceptors (Lipinski definition) is 4. The number of hydrogen-bond donors (Lipinski definition) is 1. The Morgan fingerprint density at radius 3 is 2.62 bits per heavy atom. The van der Waals surface area contributed by atoms with E-state index < -0.39 is 0 Å². The number of aryl methyl sites for hydroxylation is 1. The Morgan fingerprint density at radius 1 is 1.14 bits per heavy atom. The number of aromatic amines is 1. The molecule has 29 heavy (non-hydrogen) atoms. The van der Waals surface area contributed by atoms with Gasteiger partial charge in [0.2, 0.25) is 0 Å². The molecule has 0 aliphatic carbocycles. The highest BCUT2D eigenvalue weighted by Gasteiger charge is 2.23. The highest BCUT2D eigenvalue weighted by molar-refractivity contribution is 8.00. The van der Waals surface area contributed by atoms with Crippen LogP contribution in [0.15, 0.2) is 59.8 Å². The van der Waals surface area contributed by atoms with E-state index in [4.69, 9.17) is 4.74 Å². The summed E-state index contributed by atoms with van der Waals surface area (Å²) in [4.78, 5) is 21.1. The molecule has 1 atom stereocenters. The summed E-state index contributed by atoms with van der Waals surface area (Å²) in [5, 5.41) is 0.466. The second-order valence-electron chi connectivity index (χ2n) is 7.01. The van der Waals surface area contributed by atoms with Gasteiger partial charge in [-0.25, -0.2) is 4.98 Å². The van der Waals surface area contributed by atoms with Crippen molar-refractivity contribution >= 4 is 28.6 Å². The van der Waals surface area contributed by atoms with Crippen LogP contribution >= 0.6 is 11.8 Å². The maximum atomic E-state index is 13.2. The molecule has 4 rings (SSSR count). The maximum Gasteiger partial charge on any atom is 0.177 e. The Labute approximate surface area is 174 Å². The number of nitrogens with one attached hydrogen (secondary N) is 1. The summed E-state index contributed by atoms with van der Waals surface area (Å²) in [6, 6.07) is 17.8. The van der Waals surface area contributed by atoms with Gasteiger partial charge in [0.05, 0.1) is 23.4 Å². The van der Waals surface area contributed by atoms with E-state index in [0.29, 0.717) is 0 Å². The molecule has 0 aliphatic heterocycles. The average Bonchev–Trinajstić information content (AvgIpc) is 3.26. The molecule has 0 aliphatic rings. The van der Waals surface area contributed by atoms with Crippen LogP contribution in [-0.4, -0.2) is 32.7 Å². The number of imidazole rings is 1. The quantitative estimate of drug-likeness (QED) is 0.347. The van der Waals surface area contributed by atoms with E-state index in [1.165, 1.54) is 11.8 Å². The van der Waals surface area contributed by atoms with Crippen LogP contribution in [-0.2, 0) is 0 Å².